The number of hydrogen-bond acceptors (Lipinski definition) is 11. The van der Waals surface area contributed by atoms with Gasteiger partial charge in [0.15, 0.2) is 0 Å². The predicted octanol–water partition coefficient (Wildman–Crippen LogP) is 7.58. The van der Waals surface area contributed by atoms with Crippen LogP contribution >= 0.6 is 11.3 Å². The molecule has 66 heavy (non-hydrogen) atoms. The molecule has 1 aromatic carbocycles. The number of aromatic nitrogens is 2. The quantitative estimate of drug-likeness (QED) is 0.160. The number of carbonyl (C=O) groups is 4. The van der Waals surface area contributed by atoms with Gasteiger partial charge in [0.05, 0.1) is 23.1 Å². The Morgan fingerprint density at radius 2 is 1.74 bits per heavy atom. The molecule has 0 radical (unpaired) electrons. The van der Waals surface area contributed by atoms with Crippen LogP contribution < -0.4 is 19.5 Å². The van der Waals surface area contributed by atoms with E-state index in [0.717, 1.165) is 4.90 Å². The van der Waals surface area contributed by atoms with Crippen LogP contribution in [0.15, 0.2) is 60.1 Å². The number of alkyl halides is 3. The average molecular weight is 959 g/mol. The molecule has 7 atom stereocenters. The topological polar surface area (TPSA) is 197 Å². The Hall–Kier alpha value is -5.24. The molecule has 15 nitrogen and oxygen atoms in total. The summed E-state index contributed by atoms with van der Waals surface area (Å²) in [5.41, 5.74) is -3.15. The summed E-state index contributed by atoms with van der Waals surface area (Å²) in [4.78, 5) is 67.6. The predicted molar refractivity (Wildman–Crippen MR) is 240 cm³/mol. The van der Waals surface area contributed by atoms with Crippen LogP contribution in [0.4, 0.5) is 18.0 Å². The molecule has 2 aliphatic carbocycles. The smallest absolute Gasteiger partial charge is 0.411 e. The third-order valence-corrected chi connectivity index (χ3v) is 16.2. The van der Waals surface area contributed by atoms with E-state index in [9.17, 15) is 41.1 Å². The number of halogens is 3. The Morgan fingerprint density at radius 3 is 2.35 bits per heavy atom. The molecule has 3 aromatic rings. The lowest BCUT2D eigenvalue weighted by atomic mass is 9.85. The zero-order valence-corrected chi connectivity index (χ0v) is 39.6. The number of pyridine rings is 1. The zero-order chi connectivity index (χ0) is 48.1. The summed E-state index contributed by atoms with van der Waals surface area (Å²) in [6.45, 7) is 9.75. The van der Waals surface area contributed by atoms with Gasteiger partial charge in [0.2, 0.25) is 21.8 Å². The molecule has 2 aromatic heterocycles. The summed E-state index contributed by atoms with van der Waals surface area (Å²) in [7, 11) is -4.14. The summed E-state index contributed by atoms with van der Waals surface area (Å²) in [5, 5.41) is 15.7. The number of sulfonamides is 1. The minimum atomic E-state index is -5.11. The summed E-state index contributed by atoms with van der Waals surface area (Å²) < 4.78 is 84.6. The van der Waals surface area contributed by atoms with Crippen molar-refractivity contribution >= 4 is 45.2 Å². The molecule has 2 aliphatic heterocycles. The molecule has 0 unspecified atom stereocenters. The van der Waals surface area contributed by atoms with Gasteiger partial charge in [-0.3, -0.25) is 24.0 Å². The molecule has 4 aliphatic rings. The summed E-state index contributed by atoms with van der Waals surface area (Å²) in [6.07, 6.45) is -1.36. The van der Waals surface area contributed by atoms with Gasteiger partial charge in [0, 0.05) is 41.6 Å². The van der Waals surface area contributed by atoms with E-state index in [1.807, 2.05) is 39.0 Å². The van der Waals surface area contributed by atoms with Gasteiger partial charge in [-0.05, 0) is 109 Å². The number of ether oxygens (including phenoxy) is 2. The van der Waals surface area contributed by atoms with Crippen molar-refractivity contribution in [2.45, 2.75) is 140 Å². The number of rotatable bonds is 11. The highest BCUT2D eigenvalue weighted by atomic mass is 32.2. The highest BCUT2D eigenvalue weighted by molar-refractivity contribution is 7.91. The molecule has 358 valence electrons. The van der Waals surface area contributed by atoms with Crippen LogP contribution in [0.5, 0.6) is 11.5 Å². The van der Waals surface area contributed by atoms with E-state index in [2.05, 4.69) is 15.0 Å². The molecule has 4 amide bonds. The van der Waals surface area contributed by atoms with Gasteiger partial charge in [0.25, 0.3) is 5.91 Å². The number of allylic oxidation sites excluding steroid dienone is 1. The Labute approximate surface area is 386 Å². The fourth-order valence-corrected chi connectivity index (χ4v) is 10.8. The van der Waals surface area contributed by atoms with Crippen molar-refractivity contribution in [2.24, 2.45) is 17.8 Å². The van der Waals surface area contributed by atoms with E-state index in [1.165, 1.54) is 25.2 Å². The van der Waals surface area contributed by atoms with Gasteiger partial charge in [-0.2, -0.15) is 13.2 Å². The number of nitrogens with zero attached hydrogens (tertiary/aromatic N) is 4. The second-order valence-corrected chi connectivity index (χ2v) is 22.3. The van der Waals surface area contributed by atoms with Crippen LogP contribution in [-0.4, -0.2) is 110 Å². The first-order chi connectivity index (χ1) is 30.9. The number of fused-ring (bicyclic) bond motifs is 2. The first-order valence-corrected chi connectivity index (χ1v) is 24.5. The van der Waals surface area contributed by atoms with Crippen molar-refractivity contribution in [3.63, 3.8) is 0 Å². The molecule has 0 spiro atoms. The monoisotopic (exact) mass is 958 g/mol. The molecule has 7 rings (SSSR count). The average Bonchev–Trinajstić information content (AvgIpc) is 3.98. The molecule has 1 saturated heterocycles. The Bertz CT molecular complexity index is 2460. The maximum absolute atomic E-state index is 15.2. The second-order valence-electron chi connectivity index (χ2n) is 19.2. The number of amides is 4. The maximum atomic E-state index is 15.2. The standard InChI is InChI=1S/C46H57F3N6O9S2/c1-26(2)63-31-14-12-29(13-15-31)34-21-32(22-35(51-34)39-50-18-19-65-39)64-33-23-36-38(56)52-45(41(58)53-66(61,62)44(7)16-17-44)24-30(45)11-9-8-10-27(3)20-28(4)37(40(57)54(36)25-33)55(42(59)60)43(5,6)46(47,48)49/h9,11-15,18-19,21-22,26-28,30,33,36-37H,8,10,16-17,20,23-25H2,1-7H3,(H,52,56)(H,53,58)(H,59,60)/t27-,28+,30+,33+,36-,37-,45+/m0/s1. The lowest BCUT2D eigenvalue weighted by Gasteiger charge is -2.45. The first kappa shape index (κ1) is 48.7. The lowest BCUT2D eigenvalue weighted by Crippen LogP contribution is -2.66. The number of hydrogen-bond donors (Lipinski definition) is 3. The highest BCUT2D eigenvalue weighted by Gasteiger charge is 2.64. The van der Waals surface area contributed by atoms with Crippen LogP contribution in [0.3, 0.4) is 0 Å². The van der Waals surface area contributed by atoms with E-state index in [0.29, 0.717) is 67.2 Å². The van der Waals surface area contributed by atoms with E-state index in [4.69, 9.17) is 14.5 Å². The van der Waals surface area contributed by atoms with Gasteiger partial charge < -0.3 is 24.8 Å². The van der Waals surface area contributed by atoms with Crippen LogP contribution in [0.25, 0.3) is 22.0 Å². The summed E-state index contributed by atoms with van der Waals surface area (Å²) >= 11 is 1.33. The largest absolute Gasteiger partial charge is 0.491 e. The van der Waals surface area contributed by atoms with Crippen LogP contribution in [0.1, 0.15) is 93.4 Å². The zero-order valence-electron chi connectivity index (χ0n) is 37.9. The van der Waals surface area contributed by atoms with Gasteiger partial charge in [-0.1, -0.05) is 26.0 Å². The number of nitrogens with one attached hydrogen (secondary N) is 2. The van der Waals surface area contributed by atoms with E-state index < -0.39 is 85.9 Å². The van der Waals surface area contributed by atoms with Gasteiger partial charge >= 0.3 is 12.3 Å². The number of carbonyl (C=O) groups excluding carboxylic acids is 3. The van der Waals surface area contributed by atoms with Crippen LogP contribution in [0.2, 0.25) is 0 Å². The van der Waals surface area contributed by atoms with Gasteiger partial charge in [0.1, 0.15) is 51.5 Å². The van der Waals surface area contributed by atoms with Crippen LogP contribution in [-0.2, 0) is 24.4 Å². The number of carboxylic acid groups (broad SMARTS) is 1. The highest BCUT2D eigenvalue weighted by Crippen LogP contribution is 2.48. The third kappa shape index (κ3) is 9.89. The number of thiazole rings is 1. The van der Waals surface area contributed by atoms with E-state index >= 15 is 4.79 Å². The van der Waals surface area contributed by atoms with Crippen LogP contribution in [0, 0.1) is 17.8 Å². The molecule has 3 N–H and O–H groups in total. The molecule has 20 heteroatoms. The fraction of sp³-hybridized carbons (Fsp3) is 0.565. The minimum Gasteiger partial charge on any atom is -0.491 e. The number of benzene rings is 1. The van der Waals surface area contributed by atoms with Crippen molar-refractivity contribution in [1.82, 2.24) is 29.8 Å². The Balaban J connectivity index is 1.29. The SMILES string of the molecule is CC(C)Oc1ccc(-c2cc(O[C@@H]3C[C@H]4C(=O)N[C@]5(C(=O)NS(=O)(=O)C6(C)CC6)C[C@H]5C=CCC[C@H](C)C[C@@H](C)[C@H](N(C(=O)O)C(C)(C)C(F)(F)F)C(=O)N4C3)cc(-c3nccs3)n2)cc1. The maximum Gasteiger partial charge on any atom is 0.411 e. The second kappa shape index (κ2) is 18.1. The first-order valence-electron chi connectivity index (χ1n) is 22.2. The van der Waals surface area contributed by atoms with Crippen molar-refractivity contribution in [2.75, 3.05) is 6.54 Å². The summed E-state index contributed by atoms with van der Waals surface area (Å²) in [6, 6.07) is 7.14. The minimum absolute atomic E-state index is 0.0412. The van der Waals surface area contributed by atoms with Gasteiger partial charge in [-0.15, -0.1) is 11.3 Å². The van der Waals surface area contributed by atoms with E-state index in [-0.39, 0.29) is 48.5 Å². The molecule has 2 saturated carbocycles. The molecule has 0 bridgehead atoms. The van der Waals surface area contributed by atoms with Crippen molar-refractivity contribution in [3.8, 4) is 33.5 Å². The fourth-order valence-electron chi connectivity index (χ4n) is 8.93. The summed E-state index contributed by atoms with van der Waals surface area (Å²) in [5.74, 6) is -3.76. The Morgan fingerprint density at radius 1 is 1.06 bits per heavy atom. The van der Waals surface area contributed by atoms with Gasteiger partial charge in [-0.25, -0.2) is 23.2 Å². The molecule has 3 fully saturated rings. The van der Waals surface area contributed by atoms with Crippen molar-refractivity contribution in [3.05, 3.63) is 60.1 Å². The molecular weight excluding hydrogens is 902 g/mol. The van der Waals surface area contributed by atoms with Crippen molar-refractivity contribution in [1.29, 1.82) is 0 Å². The lowest BCUT2D eigenvalue weighted by molar-refractivity contribution is -0.222. The van der Waals surface area contributed by atoms with E-state index in [1.54, 1.807) is 41.9 Å². The normalized spacial score (nSPS) is 26.9. The Kier molecular flexibility index (Phi) is 13.4. The molecular formula is C46H57F3N6O9S2. The van der Waals surface area contributed by atoms with Crippen molar-refractivity contribution < 1.29 is 55.3 Å². The molecule has 4 heterocycles. The third-order valence-electron chi connectivity index (χ3n) is 13.3.